The van der Waals surface area contributed by atoms with Crippen LogP contribution in [0.5, 0.6) is 0 Å². The van der Waals surface area contributed by atoms with Gasteiger partial charge in [-0.15, -0.1) is 6.58 Å². The molecular weight excluding hydrogens is 276 g/mol. The molecule has 0 aromatic carbocycles. The Kier molecular flexibility index (Phi) is 4.39. The van der Waals surface area contributed by atoms with Crippen molar-refractivity contribution in [3.63, 3.8) is 0 Å². The Morgan fingerprint density at radius 1 is 0.696 bits per heavy atom. The van der Waals surface area contributed by atoms with E-state index in [9.17, 15) is 0 Å². The molecule has 0 heteroatoms. The molecule has 0 N–H and O–H groups in total. The van der Waals surface area contributed by atoms with Gasteiger partial charge in [-0.2, -0.15) is 0 Å². The first-order chi connectivity index (χ1) is 11.1. The predicted octanol–water partition coefficient (Wildman–Crippen LogP) is 7.15. The molecule has 2 bridgehead atoms. The van der Waals surface area contributed by atoms with Crippen molar-refractivity contribution < 1.29 is 0 Å². The number of allylic oxidation sites excluding steroid dienone is 1. The van der Waals surface area contributed by atoms with Gasteiger partial charge in [-0.3, -0.25) is 0 Å². The average molecular weight is 315 g/mol. The van der Waals surface area contributed by atoms with Crippen LogP contribution >= 0.6 is 0 Å². The van der Waals surface area contributed by atoms with E-state index in [1.54, 1.807) is 64.2 Å². The van der Waals surface area contributed by atoms with Gasteiger partial charge >= 0.3 is 0 Å². The molecule has 0 unspecified atom stereocenters. The van der Waals surface area contributed by atoms with Crippen LogP contribution in [0.15, 0.2) is 12.7 Å². The second-order valence-corrected chi connectivity index (χ2v) is 10.2. The molecule has 0 nitrogen and oxygen atoms in total. The highest BCUT2D eigenvalue weighted by Crippen LogP contribution is 2.62. The minimum atomic E-state index is 0.739. The van der Waals surface area contributed by atoms with Crippen molar-refractivity contribution in [2.45, 2.75) is 96.8 Å². The Hall–Kier alpha value is -0.260. The van der Waals surface area contributed by atoms with Crippen LogP contribution in [-0.4, -0.2) is 0 Å². The fraction of sp³-hybridized carbons (Fsp3) is 0.913. The zero-order chi connectivity index (χ0) is 15.9. The van der Waals surface area contributed by atoms with Gasteiger partial charge in [-0.1, -0.05) is 13.0 Å². The lowest BCUT2D eigenvalue weighted by molar-refractivity contribution is -0.0562. The number of fused-ring (bicyclic) bond motifs is 3. The van der Waals surface area contributed by atoms with Crippen LogP contribution in [0.25, 0.3) is 0 Å². The Labute approximate surface area is 144 Å². The van der Waals surface area contributed by atoms with Crippen molar-refractivity contribution in [1.82, 2.24) is 0 Å². The van der Waals surface area contributed by atoms with Gasteiger partial charge in [0, 0.05) is 0 Å². The zero-order valence-electron chi connectivity index (χ0n) is 15.5. The molecule has 0 atom stereocenters. The minimum Gasteiger partial charge on any atom is -0.103 e. The van der Waals surface area contributed by atoms with Crippen molar-refractivity contribution in [2.24, 2.45) is 34.5 Å². The van der Waals surface area contributed by atoms with Crippen molar-refractivity contribution in [3.8, 4) is 0 Å². The standard InChI is InChI=1S/C23H38/c1-3-18-4-6-19(7-5-18)20-8-10-21(11-9-20)23-15-12-22(2,13-16-23)14-17-23/h3,18-21H,1,4-17H2,2H3. The molecule has 0 heterocycles. The van der Waals surface area contributed by atoms with Gasteiger partial charge in [0.15, 0.2) is 0 Å². The summed E-state index contributed by atoms with van der Waals surface area (Å²) in [4.78, 5) is 0. The highest BCUT2D eigenvalue weighted by atomic mass is 14.6. The summed E-state index contributed by atoms with van der Waals surface area (Å²) >= 11 is 0. The monoisotopic (exact) mass is 314 g/mol. The average Bonchev–Trinajstić information content (AvgIpc) is 2.63. The van der Waals surface area contributed by atoms with Crippen LogP contribution in [0.4, 0.5) is 0 Å². The Bertz CT molecular complexity index is 393. The Morgan fingerprint density at radius 2 is 1.17 bits per heavy atom. The van der Waals surface area contributed by atoms with E-state index in [1.807, 2.05) is 0 Å². The molecule has 0 radical (unpaired) electrons. The van der Waals surface area contributed by atoms with Gasteiger partial charge < -0.3 is 0 Å². The molecule has 5 rings (SSSR count). The fourth-order valence-corrected chi connectivity index (χ4v) is 7.07. The van der Waals surface area contributed by atoms with Gasteiger partial charge in [0.1, 0.15) is 0 Å². The van der Waals surface area contributed by atoms with Gasteiger partial charge in [0.05, 0.1) is 0 Å². The molecule has 5 aliphatic carbocycles. The zero-order valence-corrected chi connectivity index (χ0v) is 15.5. The van der Waals surface area contributed by atoms with Gasteiger partial charge in [-0.25, -0.2) is 0 Å². The van der Waals surface area contributed by atoms with Crippen LogP contribution in [0.3, 0.4) is 0 Å². The molecule has 130 valence electrons. The van der Waals surface area contributed by atoms with Crippen molar-refractivity contribution in [1.29, 1.82) is 0 Å². The highest BCUT2D eigenvalue weighted by Gasteiger charge is 2.50. The van der Waals surface area contributed by atoms with Crippen LogP contribution < -0.4 is 0 Å². The van der Waals surface area contributed by atoms with Crippen LogP contribution in [0.1, 0.15) is 96.8 Å². The van der Waals surface area contributed by atoms with Gasteiger partial charge in [0.2, 0.25) is 0 Å². The fourth-order valence-electron chi connectivity index (χ4n) is 7.07. The molecule has 0 amide bonds. The molecule has 5 aliphatic rings. The third-order valence-electron chi connectivity index (χ3n) is 9.13. The van der Waals surface area contributed by atoms with Crippen molar-refractivity contribution >= 4 is 0 Å². The summed E-state index contributed by atoms with van der Waals surface area (Å²) in [7, 11) is 0. The normalized spacial score (nSPS) is 50.7. The largest absolute Gasteiger partial charge is 0.103 e. The maximum Gasteiger partial charge on any atom is -0.0236 e. The summed E-state index contributed by atoms with van der Waals surface area (Å²) < 4.78 is 0. The van der Waals surface area contributed by atoms with E-state index < -0.39 is 0 Å². The number of rotatable bonds is 3. The summed E-state index contributed by atoms with van der Waals surface area (Å²) in [5.41, 5.74) is 1.53. The van der Waals surface area contributed by atoms with Crippen LogP contribution in [0, 0.1) is 34.5 Å². The smallest absolute Gasteiger partial charge is 0.0236 e. The van der Waals surface area contributed by atoms with E-state index in [1.165, 1.54) is 25.7 Å². The molecule has 5 saturated carbocycles. The number of hydrogen-bond acceptors (Lipinski definition) is 0. The third kappa shape index (κ3) is 3.05. The maximum atomic E-state index is 4.01. The van der Waals surface area contributed by atoms with E-state index in [2.05, 4.69) is 19.6 Å². The van der Waals surface area contributed by atoms with E-state index in [-0.39, 0.29) is 0 Å². The van der Waals surface area contributed by atoms with E-state index in [0.717, 1.165) is 34.5 Å². The van der Waals surface area contributed by atoms with E-state index in [4.69, 9.17) is 0 Å². The molecule has 5 fully saturated rings. The summed E-state index contributed by atoms with van der Waals surface area (Å²) in [5, 5.41) is 0. The first-order valence-corrected chi connectivity index (χ1v) is 10.8. The maximum absolute atomic E-state index is 4.01. The molecule has 0 aromatic rings. The van der Waals surface area contributed by atoms with Crippen LogP contribution in [-0.2, 0) is 0 Å². The van der Waals surface area contributed by atoms with Gasteiger partial charge in [-0.05, 0) is 124 Å². The molecule has 0 spiro atoms. The van der Waals surface area contributed by atoms with E-state index in [0.29, 0.717) is 0 Å². The lowest BCUT2D eigenvalue weighted by Gasteiger charge is -2.57. The SMILES string of the molecule is C=CC1CCC(C2CCC(C34CCC(C)(CC3)CC4)CC2)CC1. The first kappa shape index (κ1) is 16.2. The summed E-state index contributed by atoms with van der Waals surface area (Å²) in [6.07, 6.45) is 23.7. The lowest BCUT2D eigenvalue weighted by Crippen LogP contribution is -2.45. The minimum absolute atomic E-state index is 0.739. The Morgan fingerprint density at radius 3 is 1.65 bits per heavy atom. The third-order valence-corrected chi connectivity index (χ3v) is 9.13. The topological polar surface area (TPSA) is 0 Å². The van der Waals surface area contributed by atoms with Crippen molar-refractivity contribution in [3.05, 3.63) is 12.7 Å². The molecule has 23 heavy (non-hydrogen) atoms. The molecule has 0 aliphatic heterocycles. The lowest BCUT2D eigenvalue weighted by atomic mass is 9.48. The van der Waals surface area contributed by atoms with Crippen LogP contribution in [0.2, 0.25) is 0 Å². The summed E-state index contributed by atoms with van der Waals surface area (Å²) in [6.45, 7) is 6.57. The van der Waals surface area contributed by atoms with Gasteiger partial charge in [0.25, 0.3) is 0 Å². The quantitative estimate of drug-likeness (QED) is 0.485. The summed E-state index contributed by atoms with van der Waals surface area (Å²) in [6, 6.07) is 0. The molecular formula is C23H38. The van der Waals surface area contributed by atoms with Crippen molar-refractivity contribution in [2.75, 3.05) is 0 Å². The molecule has 0 saturated heterocycles. The predicted molar refractivity (Wildman–Crippen MR) is 99.3 cm³/mol. The first-order valence-electron chi connectivity index (χ1n) is 10.8. The highest BCUT2D eigenvalue weighted by molar-refractivity contribution is 5.01. The summed E-state index contributed by atoms with van der Waals surface area (Å²) in [5.74, 6) is 4.06. The second-order valence-electron chi connectivity index (χ2n) is 10.2. The molecule has 0 aromatic heterocycles. The number of hydrogen-bond donors (Lipinski definition) is 0. The Balaban J connectivity index is 1.31. The second kappa shape index (κ2) is 6.23. The van der Waals surface area contributed by atoms with E-state index >= 15 is 0 Å².